The first-order valence-corrected chi connectivity index (χ1v) is 7.86. The van der Waals surface area contributed by atoms with Gasteiger partial charge in [-0.3, -0.25) is 14.9 Å². The summed E-state index contributed by atoms with van der Waals surface area (Å²) in [7, 11) is 3.39. The van der Waals surface area contributed by atoms with Gasteiger partial charge in [-0.1, -0.05) is 11.8 Å². The molecule has 1 aromatic heterocycles. The van der Waals surface area contributed by atoms with Gasteiger partial charge in [0.05, 0.1) is 4.92 Å². The molecule has 9 heteroatoms. The molecule has 0 atom stereocenters. The van der Waals surface area contributed by atoms with Crippen molar-refractivity contribution >= 4 is 29.0 Å². The molecule has 122 valence electrons. The van der Waals surface area contributed by atoms with E-state index in [4.69, 9.17) is 0 Å². The molecule has 0 fully saturated rings. The molecule has 0 aliphatic heterocycles. The van der Waals surface area contributed by atoms with Gasteiger partial charge in [0, 0.05) is 50.4 Å². The van der Waals surface area contributed by atoms with Crippen LogP contribution < -0.4 is 10.6 Å². The summed E-state index contributed by atoms with van der Waals surface area (Å²) in [6, 6.07) is 4.38. The molecule has 1 aromatic carbocycles. The normalized spacial score (nSPS) is 10.3. The fourth-order valence-corrected chi connectivity index (χ4v) is 2.72. The lowest BCUT2D eigenvalue weighted by atomic mass is 10.1. The Bertz CT molecular complexity index is 716. The summed E-state index contributed by atoms with van der Waals surface area (Å²) >= 11 is 1.55. The van der Waals surface area contributed by atoms with Crippen molar-refractivity contribution in [2.45, 2.75) is 5.16 Å². The molecule has 0 unspecified atom stereocenters. The third kappa shape index (κ3) is 4.22. The number of amides is 1. The van der Waals surface area contributed by atoms with Crippen LogP contribution in [0.4, 0.5) is 11.4 Å². The van der Waals surface area contributed by atoms with Crippen molar-refractivity contribution in [1.82, 2.24) is 14.9 Å². The second kappa shape index (κ2) is 7.63. The van der Waals surface area contributed by atoms with Crippen LogP contribution in [0.2, 0.25) is 0 Å². The highest BCUT2D eigenvalue weighted by Gasteiger charge is 2.16. The van der Waals surface area contributed by atoms with Crippen LogP contribution in [0.1, 0.15) is 10.4 Å². The Hall–Kier alpha value is -2.55. The molecule has 0 aliphatic rings. The summed E-state index contributed by atoms with van der Waals surface area (Å²) in [5.74, 6) is 0.351. The molecule has 1 heterocycles. The minimum absolute atomic E-state index is 0.118. The molecule has 1 amide bonds. The van der Waals surface area contributed by atoms with Crippen LogP contribution in [0.15, 0.2) is 35.7 Å². The number of aryl methyl sites for hydroxylation is 1. The molecular formula is C14H17N5O3S. The third-order valence-electron chi connectivity index (χ3n) is 3.11. The molecule has 0 spiro atoms. The van der Waals surface area contributed by atoms with Gasteiger partial charge < -0.3 is 15.2 Å². The monoisotopic (exact) mass is 335 g/mol. The number of carbonyl (C=O) groups excluding carboxylic acids is 1. The molecular weight excluding hydrogens is 318 g/mol. The standard InChI is InChI=1S/C14H17N5O3S/c1-15-13(20)10-3-4-11(12(9-10)19(21)22)16-6-8-23-14-17-5-7-18(14)2/h3-5,7,9,16H,6,8H2,1-2H3,(H,15,20). The van der Waals surface area contributed by atoms with Gasteiger partial charge in [-0.2, -0.15) is 0 Å². The summed E-state index contributed by atoms with van der Waals surface area (Å²) in [6.07, 6.45) is 3.58. The van der Waals surface area contributed by atoms with Crippen LogP contribution in [0.3, 0.4) is 0 Å². The number of nitro benzene ring substituents is 1. The SMILES string of the molecule is CNC(=O)c1ccc(NCCSc2nccn2C)c([N+](=O)[O-])c1. The predicted octanol–water partition coefficient (Wildman–Crippen LogP) is 1.89. The Morgan fingerprint density at radius 1 is 1.48 bits per heavy atom. The van der Waals surface area contributed by atoms with Crippen LogP contribution >= 0.6 is 11.8 Å². The molecule has 0 saturated carbocycles. The highest BCUT2D eigenvalue weighted by Crippen LogP contribution is 2.26. The number of hydrogen-bond acceptors (Lipinski definition) is 6. The number of imidazole rings is 1. The first kappa shape index (κ1) is 16.8. The van der Waals surface area contributed by atoms with E-state index in [0.717, 1.165) is 5.16 Å². The van der Waals surface area contributed by atoms with Gasteiger partial charge in [-0.25, -0.2) is 4.98 Å². The molecule has 0 saturated heterocycles. The van der Waals surface area contributed by atoms with E-state index in [1.807, 2.05) is 17.8 Å². The number of nitro groups is 1. The van der Waals surface area contributed by atoms with E-state index in [2.05, 4.69) is 15.6 Å². The molecule has 23 heavy (non-hydrogen) atoms. The van der Waals surface area contributed by atoms with Crippen molar-refractivity contribution in [2.24, 2.45) is 7.05 Å². The van der Waals surface area contributed by atoms with Gasteiger partial charge in [0.15, 0.2) is 5.16 Å². The molecule has 2 N–H and O–H groups in total. The first-order chi connectivity index (χ1) is 11.0. The lowest BCUT2D eigenvalue weighted by Crippen LogP contribution is -2.18. The van der Waals surface area contributed by atoms with Gasteiger partial charge in [-0.15, -0.1) is 0 Å². The number of hydrogen-bond donors (Lipinski definition) is 2. The van der Waals surface area contributed by atoms with Gasteiger partial charge in [0.25, 0.3) is 11.6 Å². The van der Waals surface area contributed by atoms with Crippen LogP contribution in [0.5, 0.6) is 0 Å². The molecule has 8 nitrogen and oxygen atoms in total. The minimum Gasteiger partial charge on any atom is -0.379 e. The quantitative estimate of drug-likeness (QED) is 0.347. The lowest BCUT2D eigenvalue weighted by molar-refractivity contribution is -0.384. The third-order valence-corrected chi connectivity index (χ3v) is 4.17. The fourth-order valence-electron chi connectivity index (χ4n) is 1.94. The van der Waals surface area contributed by atoms with E-state index < -0.39 is 4.92 Å². The van der Waals surface area contributed by atoms with Gasteiger partial charge in [0.2, 0.25) is 0 Å². The first-order valence-electron chi connectivity index (χ1n) is 6.87. The second-order valence-corrected chi connectivity index (χ2v) is 5.73. The number of aromatic nitrogens is 2. The number of rotatable bonds is 7. The highest BCUT2D eigenvalue weighted by molar-refractivity contribution is 7.99. The number of carbonyl (C=O) groups is 1. The number of thioether (sulfide) groups is 1. The largest absolute Gasteiger partial charge is 0.379 e. The number of nitrogens with one attached hydrogen (secondary N) is 2. The van der Waals surface area contributed by atoms with E-state index in [1.165, 1.54) is 13.1 Å². The minimum atomic E-state index is -0.499. The Balaban J connectivity index is 2.00. The zero-order valence-electron chi connectivity index (χ0n) is 12.8. The Labute approximate surface area is 137 Å². The maximum Gasteiger partial charge on any atom is 0.293 e. The summed E-state index contributed by atoms with van der Waals surface area (Å²) < 4.78 is 1.91. The van der Waals surface area contributed by atoms with Gasteiger partial charge in [0.1, 0.15) is 5.69 Å². The molecule has 2 aromatic rings. The maximum absolute atomic E-state index is 11.6. The van der Waals surface area contributed by atoms with Crippen molar-refractivity contribution < 1.29 is 9.72 Å². The van der Waals surface area contributed by atoms with Crippen molar-refractivity contribution in [1.29, 1.82) is 0 Å². The number of nitrogens with zero attached hydrogens (tertiary/aromatic N) is 3. The maximum atomic E-state index is 11.6. The van der Waals surface area contributed by atoms with Crippen LogP contribution in [0.25, 0.3) is 0 Å². The van der Waals surface area contributed by atoms with Crippen molar-refractivity contribution in [2.75, 3.05) is 24.7 Å². The summed E-state index contributed by atoms with van der Waals surface area (Å²) in [5.41, 5.74) is 0.531. The number of anilines is 1. The average Bonchev–Trinajstić information content (AvgIpc) is 2.95. The lowest BCUT2D eigenvalue weighted by Gasteiger charge is -2.08. The Kier molecular flexibility index (Phi) is 5.58. The number of benzene rings is 1. The summed E-state index contributed by atoms with van der Waals surface area (Å²) in [5, 5.41) is 17.5. The zero-order chi connectivity index (χ0) is 16.8. The Morgan fingerprint density at radius 2 is 2.26 bits per heavy atom. The molecule has 0 radical (unpaired) electrons. The summed E-state index contributed by atoms with van der Waals surface area (Å²) in [6.45, 7) is 0.539. The fraction of sp³-hybridized carbons (Fsp3) is 0.286. The van der Waals surface area contributed by atoms with E-state index >= 15 is 0 Å². The van der Waals surface area contributed by atoms with Crippen molar-refractivity contribution in [3.8, 4) is 0 Å². The average molecular weight is 335 g/mol. The van der Waals surface area contributed by atoms with E-state index in [9.17, 15) is 14.9 Å². The van der Waals surface area contributed by atoms with Gasteiger partial charge >= 0.3 is 0 Å². The van der Waals surface area contributed by atoms with E-state index in [0.29, 0.717) is 18.0 Å². The van der Waals surface area contributed by atoms with Crippen LogP contribution in [-0.4, -0.2) is 39.7 Å². The van der Waals surface area contributed by atoms with Gasteiger partial charge in [-0.05, 0) is 12.1 Å². The van der Waals surface area contributed by atoms with Crippen molar-refractivity contribution in [3.05, 3.63) is 46.3 Å². The topological polar surface area (TPSA) is 102 Å². The smallest absolute Gasteiger partial charge is 0.293 e. The highest BCUT2D eigenvalue weighted by atomic mass is 32.2. The second-order valence-electron chi connectivity index (χ2n) is 4.66. The Morgan fingerprint density at radius 3 is 2.87 bits per heavy atom. The molecule has 0 bridgehead atoms. The van der Waals surface area contributed by atoms with E-state index in [-0.39, 0.29) is 17.2 Å². The van der Waals surface area contributed by atoms with E-state index in [1.54, 1.807) is 30.1 Å². The molecule has 2 rings (SSSR count). The summed E-state index contributed by atoms with van der Waals surface area (Å²) in [4.78, 5) is 26.4. The van der Waals surface area contributed by atoms with Crippen molar-refractivity contribution in [3.63, 3.8) is 0 Å². The van der Waals surface area contributed by atoms with Crippen LogP contribution in [-0.2, 0) is 7.05 Å². The van der Waals surface area contributed by atoms with Crippen LogP contribution in [0, 0.1) is 10.1 Å². The predicted molar refractivity (Wildman–Crippen MR) is 88.9 cm³/mol. The zero-order valence-corrected chi connectivity index (χ0v) is 13.6. The molecule has 0 aliphatic carbocycles.